The number of aryl methyl sites for hydroxylation is 1. The van der Waals surface area contributed by atoms with E-state index in [1.807, 2.05) is 30.9 Å². The van der Waals surface area contributed by atoms with E-state index in [4.69, 9.17) is 4.74 Å². The summed E-state index contributed by atoms with van der Waals surface area (Å²) in [6.07, 6.45) is 4.90. The lowest BCUT2D eigenvalue weighted by Gasteiger charge is -2.11. The van der Waals surface area contributed by atoms with Gasteiger partial charge in [-0.2, -0.15) is 0 Å². The van der Waals surface area contributed by atoms with Crippen LogP contribution in [0.5, 0.6) is 5.75 Å². The predicted molar refractivity (Wildman–Crippen MR) is 81.4 cm³/mol. The molecular formula is C15H23N5O. The minimum Gasteiger partial charge on any atom is -0.496 e. The van der Waals surface area contributed by atoms with Crippen molar-refractivity contribution in [2.45, 2.75) is 40.3 Å². The largest absolute Gasteiger partial charge is 0.496 e. The summed E-state index contributed by atoms with van der Waals surface area (Å²) < 4.78 is 7.24. The average Bonchev–Trinajstić information content (AvgIpc) is 2.91. The number of nitrogens with one attached hydrogen (secondary N) is 1. The number of pyridine rings is 1. The lowest BCUT2D eigenvalue weighted by Crippen LogP contribution is -2.13. The standard InChI is InChI=1S/C15H23N5O/c1-5-6-16-8-13-9-20(19-18-13)10-14-12(3)15(21-4)11(2)7-17-14/h7,9,16H,5-6,8,10H2,1-4H3. The van der Waals surface area contributed by atoms with Crippen LogP contribution in [0.3, 0.4) is 0 Å². The van der Waals surface area contributed by atoms with Crippen LogP contribution in [-0.4, -0.2) is 33.6 Å². The van der Waals surface area contributed by atoms with E-state index in [2.05, 4.69) is 27.5 Å². The van der Waals surface area contributed by atoms with Gasteiger partial charge in [0.05, 0.1) is 31.2 Å². The van der Waals surface area contributed by atoms with Crippen LogP contribution < -0.4 is 10.1 Å². The Morgan fingerprint density at radius 2 is 2.14 bits per heavy atom. The van der Waals surface area contributed by atoms with Crippen LogP contribution in [0.25, 0.3) is 0 Å². The summed E-state index contributed by atoms with van der Waals surface area (Å²) in [4.78, 5) is 4.48. The molecule has 1 N–H and O–H groups in total. The van der Waals surface area contributed by atoms with Crippen LogP contribution in [0.15, 0.2) is 12.4 Å². The van der Waals surface area contributed by atoms with Crippen molar-refractivity contribution in [3.63, 3.8) is 0 Å². The molecular weight excluding hydrogens is 266 g/mol. The molecule has 0 unspecified atom stereocenters. The molecule has 6 nitrogen and oxygen atoms in total. The number of hydrogen-bond donors (Lipinski definition) is 1. The van der Waals surface area contributed by atoms with Gasteiger partial charge in [0.15, 0.2) is 0 Å². The van der Waals surface area contributed by atoms with E-state index in [-0.39, 0.29) is 0 Å². The first-order chi connectivity index (χ1) is 10.2. The topological polar surface area (TPSA) is 64.9 Å². The van der Waals surface area contributed by atoms with Crippen molar-refractivity contribution in [3.05, 3.63) is 34.9 Å². The molecule has 0 aliphatic rings. The third-order valence-electron chi connectivity index (χ3n) is 3.38. The molecule has 6 heteroatoms. The highest BCUT2D eigenvalue weighted by Gasteiger charge is 2.10. The molecule has 2 heterocycles. The summed E-state index contributed by atoms with van der Waals surface area (Å²) in [7, 11) is 1.69. The van der Waals surface area contributed by atoms with E-state index < -0.39 is 0 Å². The molecule has 0 amide bonds. The molecule has 114 valence electrons. The summed E-state index contributed by atoms with van der Waals surface area (Å²) in [5, 5.41) is 11.6. The Hall–Kier alpha value is -1.95. The van der Waals surface area contributed by atoms with Gasteiger partial charge in [-0.15, -0.1) is 5.10 Å². The molecule has 0 saturated heterocycles. The molecule has 0 spiro atoms. The first-order valence-electron chi connectivity index (χ1n) is 7.24. The molecule has 0 bridgehead atoms. The molecule has 0 aromatic carbocycles. The number of nitrogens with zero attached hydrogens (tertiary/aromatic N) is 4. The normalized spacial score (nSPS) is 10.9. The molecule has 0 saturated carbocycles. The van der Waals surface area contributed by atoms with Gasteiger partial charge in [0.1, 0.15) is 5.75 Å². The predicted octanol–water partition coefficient (Wildman–Crippen LogP) is 1.85. The maximum Gasteiger partial charge on any atom is 0.128 e. The number of methoxy groups -OCH3 is 1. The van der Waals surface area contributed by atoms with Crippen LogP contribution in [0.2, 0.25) is 0 Å². The fourth-order valence-electron chi connectivity index (χ4n) is 2.27. The number of aromatic nitrogens is 4. The molecule has 0 aliphatic carbocycles. The lowest BCUT2D eigenvalue weighted by molar-refractivity contribution is 0.406. The van der Waals surface area contributed by atoms with Gasteiger partial charge in [-0.05, 0) is 26.8 Å². The second-order valence-corrected chi connectivity index (χ2v) is 5.13. The van der Waals surface area contributed by atoms with Crippen molar-refractivity contribution < 1.29 is 4.74 Å². The van der Waals surface area contributed by atoms with Gasteiger partial charge in [0.2, 0.25) is 0 Å². The SMILES string of the molecule is CCCNCc1cn(Cc2ncc(C)c(OC)c2C)nn1. The zero-order chi connectivity index (χ0) is 15.2. The highest BCUT2D eigenvalue weighted by molar-refractivity contribution is 5.41. The second kappa shape index (κ2) is 7.17. The molecule has 2 rings (SSSR count). The van der Waals surface area contributed by atoms with Gasteiger partial charge in [-0.25, -0.2) is 4.68 Å². The molecule has 0 aliphatic heterocycles. The number of rotatable bonds is 7. The highest BCUT2D eigenvalue weighted by Crippen LogP contribution is 2.24. The van der Waals surface area contributed by atoms with Crippen molar-refractivity contribution in [3.8, 4) is 5.75 Å². The van der Waals surface area contributed by atoms with Gasteiger partial charge in [0.25, 0.3) is 0 Å². The van der Waals surface area contributed by atoms with Gasteiger partial charge in [-0.3, -0.25) is 4.98 Å². The Kier molecular flexibility index (Phi) is 5.27. The zero-order valence-corrected chi connectivity index (χ0v) is 13.2. The van der Waals surface area contributed by atoms with E-state index in [1.165, 1.54) is 0 Å². The number of hydrogen-bond acceptors (Lipinski definition) is 5. The quantitative estimate of drug-likeness (QED) is 0.788. The Morgan fingerprint density at radius 1 is 1.33 bits per heavy atom. The smallest absolute Gasteiger partial charge is 0.128 e. The van der Waals surface area contributed by atoms with Crippen molar-refractivity contribution in [2.24, 2.45) is 0 Å². The highest BCUT2D eigenvalue weighted by atomic mass is 16.5. The third-order valence-corrected chi connectivity index (χ3v) is 3.38. The third kappa shape index (κ3) is 3.78. The monoisotopic (exact) mass is 289 g/mol. The first kappa shape index (κ1) is 15.4. The molecule has 0 radical (unpaired) electrons. The van der Waals surface area contributed by atoms with E-state index >= 15 is 0 Å². The van der Waals surface area contributed by atoms with Gasteiger partial charge in [-0.1, -0.05) is 12.1 Å². The van der Waals surface area contributed by atoms with Crippen LogP contribution >= 0.6 is 0 Å². The summed E-state index contributed by atoms with van der Waals surface area (Å²) in [5.74, 6) is 0.893. The maximum absolute atomic E-state index is 5.43. The van der Waals surface area contributed by atoms with Crippen LogP contribution in [0.4, 0.5) is 0 Å². The maximum atomic E-state index is 5.43. The average molecular weight is 289 g/mol. The minimum absolute atomic E-state index is 0.600. The van der Waals surface area contributed by atoms with Crippen molar-refractivity contribution in [2.75, 3.05) is 13.7 Å². The van der Waals surface area contributed by atoms with Gasteiger partial charge < -0.3 is 10.1 Å². The lowest BCUT2D eigenvalue weighted by atomic mass is 10.1. The van der Waals surface area contributed by atoms with E-state index in [1.54, 1.807) is 7.11 Å². The molecule has 2 aromatic rings. The minimum atomic E-state index is 0.600. The molecule has 0 atom stereocenters. The first-order valence-corrected chi connectivity index (χ1v) is 7.24. The second-order valence-electron chi connectivity index (χ2n) is 5.13. The molecule has 0 fully saturated rings. The van der Waals surface area contributed by atoms with E-state index in [0.717, 1.165) is 47.8 Å². The van der Waals surface area contributed by atoms with E-state index in [0.29, 0.717) is 6.54 Å². The fraction of sp³-hybridized carbons (Fsp3) is 0.533. The van der Waals surface area contributed by atoms with Crippen molar-refractivity contribution in [1.82, 2.24) is 25.3 Å². The van der Waals surface area contributed by atoms with Crippen LogP contribution in [0, 0.1) is 13.8 Å². The molecule has 2 aromatic heterocycles. The Labute approximate surface area is 125 Å². The van der Waals surface area contributed by atoms with Crippen molar-refractivity contribution in [1.29, 1.82) is 0 Å². The van der Waals surface area contributed by atoms with Gasteiger partial charge >= 0.3 is 0 Å². The molecule has 21 heavy (non-hydrogen) atoms. The van der Waals surface area contributed by atoms with Crippen LogP contribution in [-0.2, 0) is 13.1 Å². The Bertz CT molecular complexity index is 594. The summed E-state index contributed by atoms with van der Waals surface area (Å²) in [5.41, 5.74) is 4.00. The zero-order valence-electron chi connectivity index (χ0n) is 13.2. The summed E-state index contributed by atoms with van der Waals surface area (Å²) >= 11 is 0. The van der Waals surface area contributed by atoms with Gasteiger partial charge in [0, 0.05) is 23.9 Å². The summed E-state index contributed by atoms with van der Waals surface area (Å²) in [6, 6.07) is 0. The van der Waals surface area contributed by atoms with Crippen molar-refractivity contribution >= 4 is 0 Å². The fourth-order valence-corrected chi connectivity index (χ4v) is 2.27. The Balaban J connectivity index is 2.08. The van der Waals surface area contributed by atoms with Crippen LogP contribution in [0.1, 0.15) is 35.9 Å². The summed E-state index contributed by atoms with van der Waals surface area (Å²) in [6.45, 7) is 8.50. The number of ether oxygens (including phenoxy) is 1. The van der Waals surface area contributed by atoms with E-state index in [9.17, 15) is 0 Å². The Morgan fingerprint density at radius 3 is 2.86 bits per heavy atom.